The third-order valence-electron chi connectivity index (χ3n) is 5.38. The summed E-state index contributed by atoms with van der Waals surface area (Å²) in [6.45, 7) is 3.72. The zero-order valence-electron chi connectivity index (χ0n) is 15.1. The zero-order valence-corrected chi connectivity index (χ0v) is 15.1. The van der Waals surface area contributed by atoms with Crippen molar-refractivity contribution in [2.45, 2.75) is 44.4 Å². The highest BCUT2D eigenvalue weighted by molar-refractivity contribution is 5.92. The number of β-amino-alcohol motifs (C(OH)–C–C–N with tert-alkyl or cyclic N) is 1. The summed E-state index contributed by atoms with van der Waals surface area (Å²) in [4.78, 5) is 27.7. The molecule has 2 heterocycles. The number of hydrogen-bond acceptors (Lipinski definition) is 4. The predicted octanol–water partition coefficient (Wildman–Crippen LogP) is 0.916. The Morgan fingerprint density at radius 1 is 1.12 bits per heavy atom. The van der Waals surface area contributed by atoms with Gasteiger partial charge in [-0.3, -0.25) is 9.69 Å². The van der Waals surface area contributed by atoms with Gasteiger partial charge in [0.15, 0.2) is 0 Å². The molecule has 4 N–H and O–H groups in total. The van der Waals surface area contributed by atoms with Crippen molar-refractivity contribution in [1.82, 2.24) is 15.1 Å². The first-order chi connectivity index (χ1) is 12.5. The quantitative estimate of drug-likeness (QED) is 0.743. The molecule has 2 fully saturated rings. The van der Waals surface area contributed by atoms with Crippen LogP contribution in [-0.4, -0.2) is 65.2 Å². The van der Waals surface area contributed by atoms with Crippen LogP contribution < -0.4 is 11.1 Å². The van der Waals surface area contributed by atoms with E-state index in [0.717, 1.165) is 57.4 Å². The topological polar surface area (TPSA) is 98.9 Å². The fourth-order valence-electron chi connectivity index (χ4n) is 3.83. The van der Waals surface area contributed by atoms with Crippen molar-refractivity contribution in [3.8, 4) is 0 Å². The number of aliphatic hydroxyl groups excluding tert-OH is 1. The lowest BCUT2D eigenvalue weighted by Gasteiger charge is -2.41. The van der Waals surface area contributed by atoms with E-state index in [9.17, 15) is 14.7 Å². The van der Waals surface area contributed by atoms with E-state index in [2.05, 4.69) is 10.2 Å². The summed E-state index contributed by atoms with van der Waals surface area (Å²) in [6.07, 6.45) is 3.65. The lowest BCUT2D eigenvalue weighted by atomic mass is 9.99. The maximum atomic E-state index is 12.4. The van der Waals surface area contributed by atoms with Crippen molar-refractivity contribution in [2.75, 3.05) is 26.2 Å². The Morgan fingerprint density at radius 2 is 1.81 bits per heavy atom. The summed E-state index contributed by atoms with van der Waals surface area (Å²) >= 11 is 0. The number of aliphatic hydroxyl groups is 1. The first kappa shape index (κ1) is 18.7. The van der Waals surface area contributed by atoms with E-state index < -0.39 is 5.91 Å². The lowest BCUT2D eigenvalue weighted by Crippen LogP contribution is -2.52. The zero-order chi connectivity index (χ0) is 18.5. The molecule has 142 valence electrons. The van der Waals surface area contributed by atoms with E-state index in [4.69, 9.17) is 5.73 Å². The van der Waals surface area contributed by atoms with Crippen molar-refractivity contribution in [2.24, 2.45) is 5.73 Å². The SMILES string of the molecule is NC(=O)c1ccc(CNC(=O)N2CCC(N3CCC[C@H](O)C3)CC2)cc1. The van der Waals surface area contributed by atoms with E-state index in [-0.39, 0.29) is 12.1 Å². The molecule has 1 aromatic carbocycles. The maximum absolute atomic E-state index is 12.4. The first-order valence-electron chi connectivity index (χ1n) is 9.36. The number of likely N-dealkylation sites (tertiary alicyclic amines) is 2. The molecule has 1 atom stereocenters. The number of hydrogen-bond donors (Lipinski definition) is 3. The number of carbonyl (C=O) groups is 2. The number of primary amides is 1. The summed E-state index contributed by atoms with van der Waals surface area (Å²) < 4.78 is 0. The minimum absolute atomic E-state index is 0.0545. The minimum Gasteiger partial charge on any atom is -0.392 e. The van der Waals surface area contributed by atoms with Crippen molar-refractivity contribution in [1.29, 1.82) is 0 Å². The van der Waals surface area contributed by atoms with Gasteiger partial charge < -0.3 is 21.1 Å². The molecule has 0 radical (unpaired) electrons. The van der Waals surface area contributed by atoms with Gasteiger partial charge in [0.25, 0.3) is 0 Å². The number of amides is 3. The molecule has 0 saturated carbocycles. The Kier molecular flexibility index (Phi) is 6.11. The Hall–Kier alpha value is -2.12. The van der Waals surface area contributed by atoms with Gasteiger partial charge in [0.2, 0.25) is 5.91 Å². The van der Waals surface area contributed by atoms with Crippen LogP contribution >= 0.6 is 0 Å². The molecule has 3 amide bonds. The van der Waals surface area contributed by atoms with Gasteiger partial charge in [0, 0.05) is 37.8 Å². The summed E-state index contributed by atoms with van der Waals surface area (Å²) in [5.74, 6) is -0.454. The molecule has 26 heavy (non-hydrogen) atoms. The lowest BCUT2D eigenvalue weighted by molar-refractivity contribution is 0.0291. The van der Waals surface area contributed by atoms with Gasteiger partial charge in [-0.25, -0.2) is 4.79 Å². The van der Waals surface area contributed by atoms with Crippen LogP contribution in [0.15, 0.2) is 24.3 Å². The second kappa shape index (κ2) is 8.51. The highest BCUT2D eigenvalue weighted by atomic mass is 16.3. The van der Waals surface area contributed by atoms with E-state index in [1.807, 2.05) is 4.90 Å². The predicted molar refractivity (Wildman–Crippen MR) is 98.6 cm³/mol. The average Bonchev–Trinajstić information content (AvgIpc) is 2.66. The van der Waals surface area contributed by atoms with E-state index in [0.29, 0.717) is 18.2 Å². The van der Waals surface area contributed by atoms with Crippen molar-refractivity contribution < 1.29 is 14.7 Å². The van der Waals surface area contributed by atoms with E-state index in [1.165, 1.54) is 0 Å². The molecular weight excluding hydrogens is 332 g/mol. The third-order valence-corrected chi connectivity index (χ3v) is 5.38. The minimum atomic E-state index is -0.454. The number of rotatable bonds is 4. The average molecular weight is 360 g/mol. The third kappa shape index (κ3) is 4.74. The second-order valence-corrected chi connectivity index (χ2v) is 7.23. The van der Waals surface area contributed by atoms with Gasteiger partial charge >= 0.3 is 6.03 Å². The molecule has 2 saturated heterocycles. The molecule has 3 rings (SSSR count). The van der Waals surface area contributed by atoms with Crippen LogP contribution in [-0.2, 0) is 6.54 Å². The molecule has 0 unspecified atom stereocenters. The van der Waals surface area contributed by atoms with Gasteiger partial charge in [0.1, 0.15) is 0 Å². The van der Waals surface area contributed by atoms with Gasteiger partial charge in [0.05, 0.1) is 6.10 Å². The van der Waals surface area contributed by atoms with Crippen LogP contribution in [0, 0.1) is 0 Å². The molecule has 0 aliphatic carbocycles. The molecule has 7 heteroatoms. The van der Waals surface area contributed by atoms with Crippen molar-refractivity contribution in [3.05, 3.63) is 35.4 Å². The van der Waals surface area contributed by atoms with Crippen LogP contribution in [0.25, 0.3) is 0 Å². The largest absolute Gasteiger partial charge is 0.392 e. The fourth-order valence-corrected chi connectivity index (χ4v) is 3.83. The number of nitrogens with zero attached hydrogens (tertiary/aromatic N) is 2. The van der Waals surface area contributed by atoms with Crippen LogP contribution in [0.2, 0.25) is 0 Å². The molecule has 1 aromatic rings. The normalized spacial score (nSPS) is 22.2. The van der Waals surface area contributed by atoms with Crippen LogP contribution in [0.4, 0.5) is 4.79 Å². The molecule has 0 bridgehead atoms. The standard InChI is InChI=1S/C19H28N4O3/c20-18(25)15-5-3-14(4-6-15)12-21-19(26)22-10-7-16(8-11-22)23-9-1-2-17(24)13-23/h3-6,16-17,24H,1-2,7-13H2,(H2,20,25)(H,21,26)/t17-/m0/s1. The molecule has 0 aromatic heterocycles. The summed E-state index contributed by atoms with van der Waals surface area (Å²) in [7, 11) is 0. The van der Waals surface area contributed by atoms with Crippen molar-refractivity contribution in [3.63, 3.8) is 0 Å². The number of benzene rings is 1. The van der Waals surface area contributed by atoms with Gasteiger partial charge in [-0.1, -0.05) is 12.1 Å². The van der Waals surface area contributed by atoms with Crippen LogP contribution in [0.3, 0.4) is 0 Å². The number of urea groups is 1. The fraction of sp³-hybridized carbons (Fsp3) is 0.579. The Labute approximate surface area is 154 Å². The summed E-state index contributed by atoms with van der Waals surface area (Å²) in [5, 5.41) is 12.8. The van der Waals surface area contributed by atoms with Crippen LogP contribution in [0.1, 0.15) is 41.6 Å². The van der Waals surface area contributed by atoms with E-state index in [1.54, 1.807) is 24.3 Å². The Balaban J connectivity index is 1.42. The smallest absolute Gasteiger partial charge is 0.317 e. The Bertz CT molecular complexity index is 626. The summed E-state index contributed by atoms with van der Waals surface area (Å²) in [5.41, 5.74) is 6.62. The summed E-state index contributed by atoms with van der Waals surface area (Å²) in [6, 6.07) is 7.35. The molecule has 2 aliphatic rings. The van der Waals surface area contributed by atoms with E-state index >= 15 is 0 Å². The molecule has 2 aliphatic heterocycles. The van der Waals surface area contributed by atoms with Crippen LogP contribution in [0.5, 0.6) is 0 Å². The van der Waals surface area contributed by atoms with Crippen molar-refractivity contribution >= 4 is 11.9 Å². The number of carbonyl (C=O) groups excluding carboxylic acids is 2. The number of nitrogens with two attached hydrogens (primary N) is 1. The number of piperidine rings is 2. The first-order valence-corrected chi connectivity index (χ1v) is 9.36. The maximum Gasteiger partial charge on any atom is 0.317 e. The molecule has 0 spiro atoms. The highest BCUT2D eigenvalue weighted by Crippen LogP contribution is 2.21. The molecular formula is C19H28N4O3. The Morgan fingerprint density at radius 3 is 2.42 bits per heavy atom. The second-order valence-electron chi connectivity index (χ2n) is 7.23. The highest BCUT2D eigenvalue weighted by Gasteiger charge is 2.29. The van der Waals surface area contributed by atoms with Gasteiger partial charge in [-0.05, 0) is 49.9 Å². The molecule has 7 nitrogen and oxygen atoms in total. The monoisotopic (exact) mass is 360 g/mol. The van der Waals surface area contributed by atoms with Gasteiger partial charge in [-0.2, -0.15) is 0 Å². The number of nitrogens with one attached hydrogen (secondary N) is 1. The van der Waals surface area contributed by atoms with Gasteiger partial charge in [-0.15, -0.1) is 0 Å².